The second kappa shape index (κ2) is 12.8. The summed E-state index contributed by atoms with van der Waals surface area (Å²) in [7, 11) is 0. The molecule has 0 saturated carbocycles. The quantitative estimate of drug-likeness (QED) is 0.434. The van der Waals surface area contributed by atoms with Gasteiger partial charge in [-0.2, -0.15) is 0 Å². The Labute approximate surface area is 235 Å². The normalized spacial score (nSPS) is 11.8. The van der Waals surface area contributed by atoms with Crippen LogP contribution in [0.4, 0.5) is 0 Å². The molecule has 0 bridgehead atoms. The van der Waals surface area contributed by atoms with Crippen LogP contribution >= 0.6 is 0 Å². The first kappa shape index (κ1) is 31.4. The number of esters is 1. The molecule has 0 heterocycles. The Kier molecular flexibility index (Phi) is 10.6. The van der Waals surface area contributed by atoms with E-state index in [9.17, 15) is 9.90 Å². The predicted molar refractivity (Wildman–Crippen MR) is 151 cm³/mol. The van der Waals surface area contributed by atoms with Crippen LogP contribution in [0.3, 0.4) is 0 Å². The fraction of sp³-hybridized carbons (Fsp3) is 0.424. The number of hydrogen-bond donors (Lipinski definition) is 2. The zero-order chi connectivity index (χ0) is 27.4. The van der Waals surface area contributed by atoms with Gasteiger partial charge in [0.25, 0.3) is 0 Å². The molecule has 0 aliphatic carbocycles. The van der Waals surface area contributed by atoms with Gasteiger partial charge in [-0.3, -0.25) is 0 Å². The standard InChI is InChI=1S/C33H43NO3.ClH/c1-23-13-9-11-15-25(23)21-34(22-26-16-12-10-14-24(26)2)17-18-37-31(36)27-19-28(32(3,4)5)30(35)29(20-27)33(6,7)8;/h9-16,19-20,35H,17-18,21-22H2,1-8H3;1H. The molecule has 0 aliphatic rings. The monoisotopic (exact) mass is 537 g/mol. The van der Waals surface area contributed by atoms with Crippen molar-refractivity contribution in [3.8, 4) is 5.75 Å². The van der Waals surface area contributed by atoms with Crippen molar-refractivity contribution in [2.45, 2.75) is 79.3 Å². The molecule has 3 aromatic carbocycles. The SMILES string of the molecule is Cc1ccccc1C[NH+](CCOC(=O)c1cc(C(C)(C)C)c(O)c(C(C)(C)C)c1)Cc1ccccc1C.[Cl-]. The average Bonchev–Trinajstić information content (AvgIpc) is 2.80. The Morgan fingerprint density at radius 3 is 1.61 bits per heavy atom. The van der Waals surface area contributed by atoms with Crippen molar-refractivity contribution in [1.29, 1.82) is 0 Å². The van der Waals surface area contributed by atoms with Gasteiger partial charge < -0.3 is 27.2 Å². The molecule has 0 aromatic heterocycles. The van der Waals surface area contributed by atoms with E-state index in [4.69, 9.17) is 4.74 Å². The molecular formula is C33H44ClNO3. The van der Waals surface area contributed by atoms with Crippen LogP contribution in [-0.4, -0.2) is 24.2 Å². The van der Waals surface area contributed by atoms with Gasteiger partial charge in [0.1, 0.15) is 32.0 Å². The third kappa shape index (κ3) is 8.09. The minimum Gasteiger partial charge on any atom is -1.00 e. The Morgan fingerprint density at radius 2 is 1.21 bits per heavy atom. The summed E-state index contributed by atoms with van der Waals surface area (Å²) in [5, 5.41) is 11.0. The second-order valence-corrected chi connectivity index (χ2v) is 12.3. The zero-order valence-corrected chi connectivity index (χ0v) is 25.0. The van der Waals surface area contributed by atoms with Gasteiger partial charge in [0.15, 0.2) is 0 Å². The predicted octanol–water partition coefficient (Wildman–Crippen LogP) is 3.05. The van der Waals surface area contributed by atoms with E-state index in [1.807, 2.05) is 41.5 Å². The van der Waals surface area contributed by atoms with Crippen molar-refractivity contribution < 1.29 is 31.9 Å². The van der Waals surface area contributed by atoms with Gasteiger partial charge in [-0.05, 0) is 47.9 Å². The van der Waals surface area contributed by atoms with E-state index in [0.29, 0.717) is 18.7 Å². The second-order valence-electron chi connectivity index (χ2n) is 12.3. The highest BCUT2D eigenvalue weighted by atomic mass is 35.5. The van der Waals surface area contributed by atoms with Crippen molar-refractivity contribution >= 4 is 5.97 Å². The summed E-state index contributed by atoms with van der Waals surface area (Å²) in [4.78, 5) is 14.5. The number of carbonyl (C=O) groups excluding carboxylic acids is 1. The first-order valence-corrected chi connectivity index (χ1v) is 13.2. The topological polar surface area (TPSA) is 51.0 Å². The van der Waals surface area contributed by atoms with E-state index in [1.54, 1.807) is 12.1 Å². The number of aromatic hydroxyl groups is 1. The van der Waals surface area contributed by atoms with Crippen molar-refractivity contribution in [3.05, 3.63) is 99.6 Å². The van der Waals surface area contributed by atoms with E-state index in [0.717, 1.165) is 24.2 Å². The molecule has 3 aromatic rings. The van der Waals surface area contributed by atoms with Crippen molar-refractivity contribution in [2.75, 3.05) is 13.2 Å². The van der Waals surface area contributed by atoms with Crippen molar-refractivity contribution in [3.63, 3.8) is 0 Å². The number of hydrogen-bond acceptors (Lipinski definition) is 3. The average molecular weight is 538 g/mol. The van der Waals surface area contributed by atoms with E-state index < -0.39 is 0 Å². The molecule has 0 fully saturated rings. The summed E-state index contributed by atoms with van der Waals surface area (Å²) < 4.78 is 5.83. The lowest BCUT2D eigenvalue weighted by Gasteiger charge is -2.28. The number of ether oxygens (including phenoxy) is 1. The maximum absolute atomic E-state index is 13.2. The summed E-state index contributed by atoms with van der Waals surface area (Å²) in [5.74, 6) is -0.0780. The third-order valence-electron chi connectivity index (χ3n) is 7.05. The summed E-state index contributed by atoms with van der Waals surface area (Å²) >= 11 is 0. The number of quaternary nitrogens is 1. The van der Waals surface area contributed by atoms with Gasteiger partial charge in [0.2, 0.25) is 0 Å². The maximum Gasteiger partial charge on any atom is 0.338 e. The van der Waals surface area contributed by atoms with Crippen LogP contribution in [0, 0.1) is 13.8 Å². The van der Waals surface area contributed by atoms with Crippen molar-refractivity contribution in [2.24, 2.45) is 0 Å². The van der Waals surface area contributed by atoms with E-state index >= 15 is 0 Å². The molecule has 4 nitrogen and oxygen atoms in total. The maximum atomic E-state index is 13.2. The van der Waals surface area contributed by atoms with Crippen LogP contribution in [0.25, 0.3) is 0 Å². The number of nitrogens with one attached hydrogen (secondary N) is 1. The third-order valence-corrected chi connectivity index (χ3v) is 7.05. The van der Waals surface area contributed by atoms with Gasteiger partial charge in [-0.15, -0.1) is 0 Å². The van der Waals surface area contributed by atoms with E-state index in [-0.39, 0.29) is 35.0 Å². The molecule has 0 amide bonds. The summed E-state index contributed by atoms with van der Waals surface area (Å²) in [6.07, 6.45) is 0. The van der Waals surface area contributed by atoms with Crippen LogP contribution in [0.1, 0.15) is 85.3 Å². The van der Waals surface area contributed by atoms with Crippen molar-refractivity contribution in [1.82, 2.24) is 0 Å². The molecule has 5 heteroatoms. The van der Waals surface area contributed by atoms with E-state index in [1.165, 1.54) is 27.2 Å². The summed E-state index contributed by atoms with van der Waals surface area (Å²) in [6, 6.07) is 20.5. The smallest absolute Gasteiger partial charge is 0.338 e. The number of carbonyl (C=O) groups is 1. The van der Waals surface area contributed by atoms with Gasteiger partial charge in [0.05, 0.1) is 5.56 Å². The zero-order valence-electron chi connectivity index (χ0n) is 24.2. The molecular weight excluding hydrogens is 494 g/mol. The van der Waals surface area contributed by atoms with Crippen LogP contribution in [0.2, 0.25) is 0 Å². The Hall–Kier alpha value is -2.82. The van der Waals surface area contributed by atoms with Crippen LogP contribution in [-0.2, 0) is 28.7 Å². The molecule has 2 N–H and O–H groups in total. The molecule has 206 valence electrons. The number of rotatable bonds is 8. The van der Waals surface area contributed by atoms with Crippen LogP contribution < -0.4 is 17.3 Å². The summed E-state index contributed by atoms with van der Waals surface area (Å²) in [6.45, 7) is 19.3. The highest BCUT2D eigenvalue weighted by Crippen LogP contribution is 2.39. The Morgan fingerprint density at radius 1 is 0.789 bits per heavy atom. The first-order valence-electron chi connectivity index (χ1n) is 13.2. The van der Waals surface area contributed by atoms with Gasteiger partial charge in [0, 0.05) is 22.3 Å². The fourth-order valence-electron chi connectivity index (χ4n) is 4.66. The highest BCUT2D eigenvalue weighted by Gasteiger charge is 2.28. The molecule has 0 unspecified atom stereocenters. The molecule has 38 heavy (non-hydrogen) atoms. The molecule has 3 rings (SSSR count). The first-order chi connectivity index (χ1) is 17.3. The fourth-order valence-corrected chi connectivity index (χ4v) is 4.66. The Bertz CT molecular complexity index is 1150. The minimum atomic E-state index is -0.345. The number of aryl methyl sites for hydroxylation is 2. The number of phenolic OH excluding ortho intramolecular Hbond substituents is 1. The largest absolute Gasteiger partial charge is 1.00 e. The minimum absolute atomic E-state index is 0. The van der Waals surface area contributed by atoms with Crippen LogP contribution in [0.5, 0.6) is 5.75 Å². The number of halogens is 1. The molecule has 0 aliphatic heterocycles. The lowest BCUT2D eigenvalue weighted by molar-refractivity contribution is -0.927. The highest BCUT2D eigenvalue weighted by molar-refractivity contribution is 5.90. The summed E-state index contributed by atoms with van der Waals surface area (Å²) in [5.41, 5.74) is 6.57. The lowest BCUT2D eigenvalue weighted by Crippen LogP contribution is -3.10. The molecule has 0 atom stereocenters. The van der Waals surface area contributed by atoms with E-state index in [2.05, 4.69) is 62.4 Å². The lowest BCUT2D eigenvalue weighted by atomic mass is 9.78. The Balaban J connectivity index is 0.00000507. The molecule has 0 radical (unpaired) electrons. The van der Waals surface area contributed by atoms with Gasteiger partial charge in [-0.1, -0.05) is 90.1 Å². The molecule has 0 saturated heterocycles. The van der Waals surface area contributed by atoms with Crippen LogP contribution in [0.15, 0.2) is 60.7 Å². The number of phenols is 1. The number of benzene rings is 3. The van der Waals surface area contributed by atoms with Gasteiger partial charge >= 0.3 is 5.97 Å². The van der Waals surface area contributed by atoms with Gasteiger partial charge in [-0.25, -0.2) is 4.79 Å². The molecule has 0 spiro atoms.